The lowest BCUT2D eigenvalue weighted by atomic mass is 10.0. The van der Waals surface area contributed by atoms with Crippen LogP contribution in [-0.2, 0) is 6.54 Å². The Morgan fingerprint density at radius 3 is 2.43 bits per heavy atom. The van der Waals surface area contributed by atoms with E-state index in [4.69, 9.17) is 14.2 Å². The fourth-order valence-corrected chi connectivity index (χ4v) is 2.34. The maximum Gasteiger partial charge on any atom is 0.166 e. The summed E-state index contributed by atoms with van der Waals surface area (Å²) < 4.78 is 17.6. The van der Waals surface area contributed by atoms with Gasteiger partial charge in [0.1, 0.15) is 11.8 Å². The number of aliphatic hydroxyl groups excluding tert-OH is 1. The van der Waals surface area contributed by atoms with E-state index in [-0.39, 0.29) is 0 Å². The Hall–Kier alpha value is -2.21. The molecule has 21 heavy (non-hydrogen) atoms. The molecule has 0 saturated carbocycles. The molecule has 2 rings (SSSR count). The molecular weight excluding hydrogens is 272 g/mol. The molecule has 1 atom stereocenters. The second-order valence-corrected chi connectivity index (χ2v) is 4.40. The van der Waals surface area contributed by atoms with Gasteiger partial charge in [0.2, 0.25) is 0 Å². The second kappa shape index (κ2) is 6.49. The zero-order chi connectivity index (χ0) is 15.4. The third kappa shape index (κ3) is 2.67. The smallest absolute Gasteiger partial charge is 0.166 e. The molecule has 0 aliphatic rings. The highest BCUT2D eigenvalue weighted by atomic mass is 16.5. The van der Waals surface area contributed by atoms with Gasteiger partial charge < -0.3 is 19.3 Å². The van der Waals surface area contributed by atoms with Crippen LogP contribution in [0.15, 0.2) is 24.4 Å². The van der Waals surface area contributed by atoms with Gasteiger partial charge in [-0.25, -0.2) is 0 Å². The lowest BCUT2D eigenvalue weighted by Crippen LogP contribution is -2.11. The fourth-order valence-electron chi connectivity index (χ4n) is 2.34. The van der Waals surface area contributed by atoms with Crippen molar-refractivity contribution in [2.24, 2.45) is 0 Å². The Bertz CT molecular complexity index is 588. The van der Waals surface area contributed by atoms with Gasteiger partial charge in [-0.2, -0.15) is 5.10 Å². The van der Waals surface area contributed by atoms with E-state index in [1.165, 1.54) is 0 Å². The first-order valence-electron chi connectivity index (χ1n) is 6.66. The number of para-hydroxylation sites is 1. The monoisotopic (exact) mass is 292 g/mol. The molecule has 1 heterocycles. The molecule has 1 aromatic heterocycles. The molecule has 0 aliphatic carbocycles. The summed E-state index contributed by atoms with van der Waals surface area (Å²) in [5, 5.41) is 15.0. The van der Waals surface area contributed by atoms with Crippen LogP contribution in [-0.4, -0.2) is 36.2 Å². The number of aliphatic hydroxyl groups is 1. The lowest BCUT2D eigenvalue weighted by Gasteiger charge is -2.18. The van der Waals surface area contributed by atoms with E-state index in [2.05, 4.69) is 5.10 Å². The standard InChI is InChI=1S/C15H20N2O4/c1-5-17-13(12(20-3)9-16-17)14(18)10-7-6-8-11(19-2)15(10)21-4/h6-9,14,18H,5H2,1-4H3. The summed E-state index contributed by atoms with van der Waals surface area (Å²) in [5.41, 5.74) is 1.19. The molecule has 0 saturated heterocycles. The minimum absolute atomic E-state index is 0.499. The zero-order valence-electron chi connectivity index (χ0n) is 12.7. The molecule has 6 nitrogen and oxygen atoms in total. The van der Waals surface area contributed by atoms with Gasteiger partial charge in [-0.3, -0.25) is 4.68 Å². The summed E-state index contributed by atoms with van der Waals surface area (Å²) in [6.07, 6.45) is 0.668. The van der Waals surface area contributed by atoms with Crippen molar-refractivity contribution in [3.8, 4) is 17.2 Å². The number of methoxy groups -OCH3 is 3. The topological polar surface area (TPSA) is 65.7 Å². The van der Waals surface area contributed by atoms with E-state index in [0.717, 1.165) is 0 Å². The number of nitrogens with zero attached hydrogens (tertiary/aromatic N) is 2. The summed E-state index contributed by atoms with van der Waals surface area (Å²) >= 11 is 0. The Balaban J connectivity index is 2.54. The third-order valence-electron chi connectivity index (χ3n) is 3.35. The minimum atomic E-state index is -0.924. The Morgan fingerprint density at radius 2 is 1.86 bits per heavy atom. The van der Waals surface area contributed by atoms with Crippen molar-refractivity contribution in [1.82, 2.24) is 9.78 Å². The largest absolute Gasteiger partial charge is 0.493 e. The number of ether oxygens (including phenoxy) is 3. The highest BCUT2D eigenvalue weighted by Gasteiger charge is 2.25. The normalized spacial score (nSPS) is 12.0. The van der Waals surface area contributed by atoms with Crippen LogP contribution in [0.25, 0.3) is 0 Å². The first-order valence-corrected chi connectivity index (χ1v) is 6.66. The van der Waals surface area contributed by atoms with E-state index in [1.807, 2.05) is 6.92 Å². The summed E-state index contributed by atoms with van der Waals surface area (Å²) in [4.78, 5) is 0. The molecule has 114 valence electrons. The molecule has 1 unspecified atom stereocenters. The van der Waals surface area contributed by atoms with Crippen molar-refractivity contribution in [3.05, 3.63) is 35.7 Å². The van der Waals surface area contributed by atoms with Crippen LogP contribution in [0.3, 0.4) is 0 Å². The second-order valence-electron chi connectivity index (χ2n) is 4.40. The van der Waals surface area contributed by atoms with Gasteiger partial charge in [-0.1, -0.05) is 12.1 Å². The van der Waals surface area contributed by atoms with Crippen molar-refractivity contribution in [1.29, 1.82) is 0 Å². The van der Waals surface area contributed by atoms with Crippen molar-refractivity contribution in [2.75, 3.05) is 21.3 Å². The average molecular weight is 292 g/mol. The number of hydrogen-bond donors (Lipinski definition) is 1. The molecule has 0 bridgehead atoms. The van der Waals surface area contributed by atoms with E-state index < -0.39 is 6.10 Å². The fraction of sp³-hybridized carbons (Fsp3) is 0.400. The highest BCUT2D eigenvalue weighted by molar-refractivity contribution is 5.50. The predicted octanol–water partition coefficient (Wildman–Crippen LogP) is 2.01. The van der Waals surface area contributed by atoms with Crippen LogP contribution >= 0.6 is 0 Å². The van der Waals surface area contributed by atoms with Crippen LogP contribution in [0.2, 0.25) is 0 Å². The SMILES string of the molecule is CCn1ncc(OC)c1C(O)c1cccc(OC)c1OC. The molecule has 0 fully saturated rings. The van der Waals surface area contributed by atoms with E-state index in [9.17, 15) is 5.11 Å². The van der Waals surface area contributed by atoms with Crippen molar-refractivity contribution >= 4 is 0 Å². The molecule has 0 amide bonds. The average Bonchev–Trinajstić information content (AvgIpc) is 2.96. The Kier molecular flexibility index (Phi) is 4.70. The maximum absolute atomic E-state index is 10.8. The number of aromatic nitrogens is 2. The zero-order valence-corrected chi connectivity index (χ0v) is 12.7. The molecule has 0 radical (unpaired) electrons. The molecule has 2 aromatic rings. The molecule has 1 N–H and O–H groups in total. The van der Waals surface area contributed by atoms with Gasteiger partial charge in [0.25, 0.3) is 0 Å². The van der Waals surface area contributed by atoms with Crippen LogP contribution in [0.1, 0.15) is 24.3 Å². The minimum Gasteiger partial charge on any atom is -0.493 e. The molecule has 0 spiro atoms. The summed E-state index contributed by atoms with van der Waals surface area (Å²) in [7, 11) is 4.66. The van der Waals surface area contributed by atoms with Crippen LogP contribution in [0, 0.1) is 0 Å². The summed E-state index contributed by atoms with van der Waals surface area (Å²) in [5.74, 6) is 1.60. The lowest BCUT2D eigenvalue weighted by molar-refractivity contribution is 0.196. The summed E-state index contributed by atoms with van der Waals surface area (Å²) in [6.45, 7) is 2.58. The number of rotatable bonds is 6. The molecule has 6 heteroatoms. The van der Waals surface area contributed by atoms with Gasteiger partial charge in [0.05, 0.1) is 27.5 Å². The Labute approximate surface area is 123 Å². The molecule has 1 aromatic carbocycles. The maximum atomic E-state index is 10.8. The molecular formula is C15H20N2O4. The molecule has 0 aliphatic heterocycles. The number of benzene rings is 1. The van der Waals surface area contributed by atoms with Crippen molar-refractivity contribution < 1.29 is 19.3 Å². The quantitative estimate of drug-likeness (QED) is 0.882. The summed E-state index contributed by atoms with van der Waals surface area (Å²) in [6, 6.07) is 5.38. The first kappa shape index (κ1) is 15.2. The third-order valence-corrected chi connectivity index (χ3v) is 3.35. The van der Waals surface area contributed by atoms with Gasteiger partial charge in [-0.05, 0) is 13.0 Å². The van der Waals surface area contributed by atoms with Gasteiger partial charge in [0, 0.05) is 12.1 Å². The van der Waals surface area contributed by atoms with E-state index in [0.29, 0.717) is 35.1 Å². The van der Waals surface area contributed by atoms with Crippen molar-refractivity contribution in [3.63, 3.8) is 0 Å². The number of aryl methyl sites for hydroxylation is 1. The van der Waals surface area contributed by atoms with Crippen LogP contribution in [0.5, 0.6) is 17.2 Å². The first-order chi connectivity index (χ1) is 10.2. The highest BCUT2D eigenvalue weighted by Crippen LogP contribution is 2.39. The van der Waals surface area contributed by atoms with Crippen LogP contribution < -0.4 is 14.2 Å². The number of hydrogen-bond acceptors (Lipinski definition) is 5. The predicted molar refractivity (Wildman–Crippen MR) is 78.1 cm³/mol. The van der Waals surface area contributed by atoms with Gasteiger partial charge in [0.15, 0.2) is 17.2 Å². The Morgan fingerprint density at radius 1 is 1.14 bits per heavy atom. The van der Waals surface area contributed by atoms with Crippen LogP contribution in [0.4, 0.5) is 0 Å². The van der Waals surface area contributed by atoms with Gasteiger partial charge in [-0.15, -0.1) is 0 Å². The van der Waals surface area contributed by atoms with E-state index >= 15 is 0 Å². The van der Waals surface area contributed by atoms with Gasteiger partial charge >= 0.3 is 0 Å². The van der Waals surface area contributed by atoms with E-state index in [1.54, 1.807) is 50.4 Å². The van der Waals surface area contributed by atoms with Crippen molar-refractivity contribution in [2.45, 2.75) is 19.6 Å².